The molecular formula is C16H23N3O. The van der Waals surface area contributed by atoms with Crippen LogP contribution >= 0.6 is 0 Å². The van der Waals surface area contributed by atoms with E-state index in [2.05, 4.69) is 28.9 Å². The third-order valence-corrected chi connectivity index (χ3v) is 4.62. The lowest BCUT2D eigenvalue weighted by molar-refractivity contribution is 0.253. The summed E-state index contributed by atoms with van der Waals surface area (Å²) in [7, 11) is 1.69. The number of guanidine groups is 1. The topological polar surface area (TPSA) is 50.9 Å². The highest BCUT2D eigenvalue weighted by Gasteiger charge is 2.45. The molecular weight excluding hydrogens is 250 g/mol. The van der Waals surface area contributed by atoms with Gasteiger partial charge in [-0.3, -0.25) is 4.99 Å². The summed E-state index contributed by atoms with van der Waals surface area (Å²) in [5, 5.41) is 0. The first kappa shape index (κ1) is 13.3. The number of ether oxygens (including phenoxy) is 1. The zero-order chi connectivity index (χ0) is 14.2. The fourth-order valence-corrected chi connectivity index (χ4v) is 3.75. The van der Waals surface area contributed by atoms with Crippen molar-refractivity contribution in [3.8, 4) is 5.75 Å². The van der Waals surface area contributed by atoms with Gasteiger partial charge in [-0.1, -0.05) is 25.8 Å². The Morgan fingerprint density at radius 3 is 3.05 bits per heavy atom. The molecule has 4 nitrogen and oxygen atoms in total. The lowest BCUT2D eigenvalue weighted by Crippen LogP contribution is -2.54. The Bertz CT molecular complexity index is 528. The van der Waals surface area contributed by atoms with Gasteiger partial charge in [-0.15, -0.1) is 0 Å². The monoisotopic (exact) mass is 273 g/mol. The number of anilines is 1. The molecule has 2 N–H and O–H groups in total. The standard InChI is InChI=1S/C16H23N3O/c1-12-5-4-8-16(10-12)11-18-15(17)19(16)13-6-3-7-14(9-13)20-2/h3,6-7,9,12H,4-5,8,10-11H2,1-2H3,(H2,17,18). The van der Waals surface area contributed by atoms with Gasteiger partial charge in [0.15, 0.2) is 5.96 Å². The molecule has 2 atom stereocenters. The number of rotatable bonds is 2. The van der Waals surface area contributed by atoms with E-state index >= 15 is 0 Å². The maximum atomic E-state index is 6.19. The van der Waals surface area contributed by atoms with Crippen molar-refractivity contribution in [2.24, 2.45) is 16.6 Å². The molecule has 2 aliphatic rings. The van der Waals surface area contributed by atoms with Gasteiger partial charge in [0.2, 0.25) is 0 Å². The van der Waals surface area contributed by atoms with Crippen molar-refractivity contribution < 1.29 is 4.74 Å². The molecule has 1 aliphatic heterocycles. The van der Waals surface area contributed by atoms with Crippen molar-refractivity contribution in [2.75, 3.05) is 18.6 Å². The molecule has 0 aromatic heterocycles. The zero-order valence-corrected chi connectivity index (χ0v) is 12.3. The Balaban J connectivity index is 1.97. The SMILES string of the molecule is COc1cccc(N2C(N)=NCC23CCCC(C)C3)c1. The molecule has 1 aromatic carbocycles. The highest BCUT2D eigenvalue weighted by Crippen LogP contribution is 2.42. The van der Waals surface area contributed by atoms with Gasteiger partial charge in [0.25, 0.3) is 0 Å². The van der Waals surface area contributed by atoms with Crippen molar-refractivity contribution >= 4 is 11.6 Å². The predicted molar refractivity (Wildman–Crippen MR) is 82.3 cm³/mol. The first-order valence-electron chi connectivity index (χ1n) is 7.39. The quantitative estimate of drug-likeness (QED) is 0.901. The lowest BCUT2D eigenvalue weighted by Gasteiger charge is -2.44. The molecule has 3 rings (SSSR count). The molecule has 1 saturated carbocycles. The van der Waals surface area contributed by atoms with Gasteiger partial charge in [-0.2, -0.15) is 0 Å². The van der Waals surface area contributed by atoms with Crippen LogP contribution in [0.2, 0.25) is 0 Å². The van der Waals surface area contributed by atoms with Gasteiger partial charge in [0, 0.05) is 11.8 Å². The number of benzene rings is 1. The van der Waals surface area contributed by atoms with Crippen LogP contribution in [0.1, 0.15) is 32.6 Å². The maximum Gasteiger partial charge on any atom is 0.196 e. The zero-order valence-electron chi connectivity index (χ0n) is 12.3. The fraction of sp³-hybridized carbons (Fsp3) is 0.562. The van der Waals surface area contributed by atoms with Crippen LogP contribution in [0, 0.1) is 5.92 Å². The lowest BCUT2D eigenvalue weighted by atomic mass is 9.75. The Morgan fingerprint density at radius 1 is 1.45 bits per heavy atom. The number of nitrogens with two attached hydrogens (primary N) is 1. The predicted octanol–water partition coefficient (Wildman–Crippen LogP) is 2.78. The third kappa shape index (κ3) is 2.13. The van der Waals surface area contributed by atoms with Gasteiger partial charge < -0.3 is 15.4 Å². The number of hydrogen-bond acceptors (Lipinski definition) is 4. The van der Waals surface area contributed by atoms with Crippen LogP contribution in [-0.4, -0.2) is 25.2 Å². The van der Waals surface area contributed by atoms with Crippen LogP contribution in [0.3, 0.4) is 0 Å². The van der Waals surface area contributed by atoms with E-state index in [1.54, 1.807) is 7.11 Å². The van der Waals surface area contributed by atoms with Gasteiger partial charge in [-0.05, 0) is 30.9 Å². The molecule has 2 unspecified atom stereocenters. The number of aliphatic imine (C=N–C) groups is 1. The van der Waals surface area contributed by atoms with Crippen LogP contribution < -0.4 is 15.4 Å². The maximum absolute atomic E-state index is 6.19. The van der Waals surface area contributed by atoms with Crippen LogP contribution in [0.5, 0.6) is 5.75 Å². The highest BCUT2D eigenvalue weighted by molar-refractivity contribution is 5.98. The summed E-state index contributed by atoms with van der Waals surface area (Å²) in [6.45, 7) is 3.15. The first-order chi connectivity index (χ1) is 9.64. The van der Waals surface area contributed by atoms with E-state index in [0.717, 1.165) is 30.3 Å². The summed E-state index contributed by atoms with van der Waals surface area (Å²) in [5.41, 5.74) is 7.36. The van der Waals surface area contributed by atoms with Crippen molar-refractivity contribution in [1.82, 2.24) is 0 Å². The van der Waals surface area contributed by atoms with E-state index in [9.17, 15) is 0 Å². The smallest absolute Gasteiger partial charge is 0.196 e. The van der Waals surface area contributed by atoms with Gasteiger partial charge in [0.1, 0.15) is 5.75 Å². The molecule has 20 heavy (non-hydrogen) atoms. The average Bonchev–Trinajstić information content (AvgIpc) is 2.75. The summed E-state index contributed by atoms with van der Waals surface area (Å²) < 4.78 is 5.34. The minimum Gasteiger partial charge on any atom is -0.497 e. The van der Waals surface area contributed by atoms with Gasteiger partial charge in [-0.25, -0.2) is 0 Å². The van der Waals surface area contributed by atoms with Crippen molar-refractivity contribution in [3.05, 3.63) is 24.3 Å². The summed E-state index contributed by atoms with van der Waals surface area (Å²) in [6.07, 6.45) is 4.89. The summed E-state index contributed by atoms with van der Waals surface area (Å²) in [4.78, 5) is 6.78. The first-order valence-corrected chi connectivity index (χ1v) is 7.39. The second-order valence-electron chi connectivity index (χ2n) is 6.14. The number of hydrogen-bond donors (Lipinski definition) is 1. The second-order valence-corrected chi connectivity index (χ2v) is 6.14. The Morgan fingerprint density at radius 2 is 2.30 bits per heavy atom. The van der Waals surface area contributed by atoms with E-state index in [1.807, 2.05) is 12.1 Å². The molecule has 1 aromatic rings. The molecule has 108 valence electrons. The fourth-order valence-electron chi connectivity index (χ4n) is 3.75. The average molecular weight is 273 g/mol. The highest BCUT2D eigenvalue weighted by atomic mass is 16.5. The third-order valence-electron chi connectivity index (χ3n) is 4.62. The van der Waals surface area contributed by atoms with E-state index in [0.29, 0.717) is 5.96 Å². The summed E-state index contributed by atoms with van der Waals surface area (Å²) >= 11 is 0. The molecule has 1 aliphatic carbocycles. The number of nitrogens with zero attached hydrogens (tertiary/aromatic N) is 2. The minimum atomic E-state index is 0.0775. The molecule has 1 fully saturated rings. The van der Waals surface area contributed by atoms with E-state index in [1.165, 1.54) is 19.3 Å². The molecule has 1 spiro atoms. The van der Waals surface area contributed by atoms with E-state index in [-0.39, 0.29) is 5.54 Å². The van der Waals surface area contributed by atoms with Crippen molar-refractivity contribution in [1.29, 1.82) is 0 Å². The van der Waals surface area contributed by atoms with Gasteiger partial charge >= 0.3 is 0 Å². The van der Waals surface area contributed by atoms with Crippen LogP contribution in [0.25, 0.3) is 0 Å². The summed E-state index contributed by atoms with van der Waals surface area (Å²) in [5.74, 6) is 2.24. The van der Waals surface area contributed by atoms with Crippen LogP contribution in [0.15, 0.2) is 29.3 Å². The van der Waals surface area contributed by atoms with Crippen LogP contribution in [-0.2, 0) is 0 Å². The largest absolute Gasteiger partial charge is 0.497 e. The molecule has 0 saturated heterocycles. The van der Waals surface area contributed by atoms with E-state index in [4.69, 9.17) is 10.5 Å². The second kappa shape index (κ2) is 5.00. The normalized spacial score (nSPS) is 29.6. The number of methoxy groups -OCH3 is 1. The molecule has 0 bridgehead atoms. The molecule has 1 heterocycles. The van der Waals surface area contributed by atoms with Gasteiger partial charge in [0.05, 0.1) is 19.2 Å². The molecule has 0 amide bonds. The van der Waals surface area contributed by atoms with Crippen molar-refractivity contribution in [3.63, 3.8) is 0 Å². The summed E-state index contributed by atoms with van der Waals surface area (Å²) in [6, 6.07) is 8.12. The van der Waals surface area contributed by atoms with E-state index < -0.39 is 0 Å². The molecule has 0 radical (unpaired) electrons. The molecule has 4 heteroatoms. The Kier molecular flexibility index (Phi) is 3.32. The van der Waals surface area contributed by atoms with Crippen molar-refractivity contribution in [2.45, 2.75) is 38.1 Å². The Labute approximate surface area is 120 Å². The Hall–Kier alpha value is -1.71. The van der Waals surface area contributed by atoms with Crippen LogP contribution in [0.4, 0.5) is 5.69 Å². The minimum absolute atomic E-state index is 0.0775.